The van der Waals surface area contributed by atoms with Gasteiger partial charge in [0.1, 0.15) is 0 Å². The van der Waals surface area contributed by atoms with Crippen molar-refractivity contribution in [2.24, 2.45) is 5.73 Å². The number of aromatic nitrogens is 2. The van der Waals surface area contributed by atoms with E-state index >= 15 is 0 Å². The quantitative estimate of drug-likeness (QED) is 0.727. The molecule has 1 amide bonds. The minimum Gasteiger partial charge on any atom is -0.415 e. The van der Waals surface area contributed by atoms with Gasteiger partial charge in [0.15, 0.2) is 0 Å². The van der Waals surface area contributed by atoms with E-state index in [1.165, 1.54) is 11.8 Å². The summed E-state index contributed by atoms with van der Waals surface area (Å²) in [5.41, 5.74) is 5.37. The molecule has 0 aromatic carbocycles. The first-order valence-corrected chi connectivity index (χ1v) is 6.98. The minimum absolute atomic E-state index is 0.0128. The van der Waals surface area contributed by atoms with Crippen LogP contribution in [0.5, 0.6) is 0 Å². The van der Waals surface area contributed by atoms with Crippen molar-refractivity contribution in [3.8, 4) is 0 Å². The maximum atomic E-state index is 11.9. The lowest BCUT2D eigenvalue weighted by molar-refractivity contribution is -0.121. The van der Waals surface area contributed by atoms with E-state index in [2.05, 4.69) is 29.4 Å². The van der Waals surface area contributed by atoms with Gasteiger partial charge in [-0.2, -0.15) is 0 Å². The van der Waals surface area contributed by atoms with Crippen LogP contribution in [0.3, 0.4) is 0 Å². The third-order valence-corrected chi connectivity index (χ3v) is 3.54. The Morgan fingerprint density at radius 3 is 2.61 bits per heavy atom. The summed E-state index contributed by atoms with van der Waals surface area (Å²) in [5, 5.41) is 10.7. The van der Waals surface area contributed by atoms with Crippen molar-refractivity contribution in [2.45, 2.75) is 56.7 Å². The van der Waals surface area contributed by atoms with Crippen LogP contribution < -0.4 is 11.1 Å². The molecule has 102 valence electrons. The van der Waals surface area contributed by atoms with Gasteiger partial charge in [0.2, 0.25) is 11.8 Å². The Labute approximate surface area is 111 Å². The molecule has 1 heterocycles. The van der Waals surface area contributed by atoms with E-state index in [4.69, 9.17) is 10.2 Å². The number of rotatable bonds is 7. The van der Waals surface area contributed by atoms with E-state index in [9.17, 15) is 4.79 Å². The number of amides is 1. The molecule has 0 aliphatic rings. The van der Waals surface area contributed by atoms with Crippen LogP contribution in [0.2, 0.25) is 0 Å². The van der Waals surface area contributed by atoms with Gasteiger partial charge in [0.25, 0.3) is 5.22 Å². The molecule has 0 radical (unpaired) electrons. The van der Waals surface area contributed by atoms with Crippen molar-refractivity contribution in [3.05, 3.63) is 5.89 Å². The van der Waals surface area contributed by atoms with Gasteiger partial charge in [-0.3, -0.25) is 4.79 Å². The fourth-order valence-corrected chi connectivity index (χ4v) is 2.09. The first-order valence-electron chi connectivity index (χ1n) is 6.10. The molecular formula is C11H20N4O2S. The molecular weight excluding hydrogens is 252 g/mol. The van der Waals surface area contributed by atoms with E-state index in [1.807, 2.05) is 6.92 Å². The van der Waals surface area contributed by atoms with Crippen LogP contribution in [-0.2, 0) is 11.3 Å². The normalized spacial score (nSPS) is 12.7. The predicted octanol–water partition coefficient (Wildman–Crippen LogP) is 1.31. The van der Waals surface area contributed by atoms with Gasteiger partial charge in [-0.25, -0.2) is 0 Å². The fourth-order valence-electron chi connectivity index (χ4n) is 1.38. The molecule has 0 saturated heterocycles. The molecule has 1 atom stereocenters. The van der Waals surface area contributed by atoms with Crippen molar-refractivity contribution in [1.82, 2.24) is 15.5 Å². The molecule has 0 bridgehead atoms. The maximum Gasteiger partial charge on any atom is 0.277 e. The molecule has 1 rings (SSSR count). The summed E-state index contributed by atoms with van der Waals surface area (Å²) >= 11 is 1.24. The molecule has 1 aromatic rings. The second-order valence-electron chi connectivity index (χ2n) is 3.95. The number of nitrogens with one attached hydrogen (secondary N) is 1. The number of hydrogen-bond donors (Lipinski definition) is 2. The van der Waals surface area contributed by atoms with Crippen molar-refractivity contribution < 1.29 is 9.21 Å². The monoisotopic (exact) mass is 272 g/mol. The number of hydrogen-bond acceptors (Lipinski definition) is 6. The zero-order chi connectivity index (χ0) is 13.5. The molecule has 0 spiro atoms. The number of carbonyl (C=O) groups excluding carboxylic acids is 1. The molecule has 3 N–H and O–H groups in total. The average Bonchev–Trinajstić information content (AvgIpc) is 2.83. The highest BCUT2D eigenvalue weighted by Gasteiger charge is 2.19. The van der Waals surface area contributed by atoms with Gasteiger partial charge in [0.05, 0.1) is 11.8 Å². The van der Waals surface area contributed by atoms with Crippen molar-refractivity contribution in [3.63, 3.8) is 0 Å². The molecule has 0 saturated carbocycles. The Morgan fingerprint density at radius 2 is 2.11 bits per heavy atom. The highest BCUT2D eigenvalue weighted by molar-refractivity contribution is 8.00. The molecule has 7 heteroatoms. The first kappa shape index (κ1) is 15.0. The molecule has 6 nitrogen and oxygen atoms in total. The van der Waals surface area contributed by atoms with Gasteiger partial charge in [-0.1, -0.05) is 25.6 Å². The summed E-state index contributed by atoms with van der Waals surface area (Å²) in [7, 11) is 0. The minimum atomic E-state index is -0.267. The van der Waals surface area contributed by atoms with Crippen molar-refractivity contribution in [2.75, 3.05) is 0 Å². The highest BCUT2D eigenvalue weighted by atomic mass is 32.2. The van der Waals surface area contributed by atoms with Crippen LogP contribution in [0.4, 0.5) is 0 Å². The van der Waals surface area contributed by atoms with Gasteiger partial charge < -0.3 is 15.5 Å². The summed E-state index contributed by atoms with van der Waals surface area (Å²) in [6, 6.07) is 0.225. The largest absolute Gasteiger partial charge is 0.415 e. The second kappa shape index (κ2) is 7.38. The van der Waals surface area contributed by atoms with Crippen molar-refractivity contribution >= 4 is 17.7 Å². The SMILES string of the molecule is CCC(CC)NC(=O)C(C)Sc1nnc(CN)o1. The summed E-state index contributed by atoms with van der Waals surface area (Å²) in [4.78, 5) is 11.9. The summed E-state index contributed by atoms with van der Waals surface area (Å²) in [5.74, 6) is 0.367. The lowest BCUT2D eigenvalue weighted by atomic mass is 10.2. The summed E-state index contributed by atoms with van der Waals surface area (Å²) in [6.45, 7) is 6.13. The number of nitrogens with zero attached hydrogens (tertiary/aromatic N) is 2. The Kier molecular flexibility index (Phi) is 6.14. The van der Waals surface area contributed by atoms with E-state index < -0.39 is 0 Å². The lowest BCUT2D eigenvalue weighted by Gasteiger charge is -2.17. The van der Waals surface area contributed by atoms with E-state index in [-0.39, 0.29) is 23.7 Å². The standard InChI is InChI=1S/C11H20N4O2S/c1-4-8(5-2)13-10(16)7(3)18-11-15-14-9(6-12)17-11/h7-8H,4-6,12H2,1-3H3,(H,13,16). The fraction of sp³-hybridized carbons (Fsp3) is 0.727. The molecule has 1 unspecified atom stereocenters. The van der Waals surface area contributed by atoms with Crippen LogP contribution in [0.1, 0.15) is 39.5 Å². The molecule has 0 aliphatic carbocycles. The Bertz CT molecular complexity index is 379. The van der Waals surface area contributed by atoms with E-state index in [0.717, 1.165) is 12.8 Å². The number of nitrogens with two attached hydrogens (primary N) is 1. The van der Waals surface area contributed by atoms with Crippen molar-refractivity contribution in [1.29, 1.82) is 0 Å². The summed E-state index contributed by atoms with van der Waals surface area (Å²) in [6.07, 6.45) is 1.86. The van der Waals surface area contributed by atoms with Crippen LogP contribution in [0, 0.1) is 0 Å². The molecule has 0 fully saturated rings. The van der Waals surface area contributed by atoms with Gasteiger partial charge in [0, 0.05) is 6.04 Å². The maximum absolute atomic E-state index is 11.9. The van der Waals surface area contributed by atoms with Gasteiger partial charge in [-0.15, -0.1) is 10.2 Å². The zero-order valence-electron chi connectivity index (χ0n) is 11.0. The number of carbonyl (C=O) groups is 1. The Balaban J connectivity index is 2.48. The van der Waals surface area contributed by atoms with Gasteiger partial charge >= 0.3 is 0 Å². The molecule has 1 aromatic heterocycles. The first-order chi connectivity index (χ1) is 8.60. The van der Waals surface area contributed by atoms with Crippen LogP contribution in [-0.4, -0.2) is 27.4 Å². The van der Waals surface area contributed by atoms with Crippen LogP contribution in [0.15, 0.2) is 9.64 Å². The lowest BCUT2D eigenvalue weighted by Crippen LogP contribution is -2.38. The second-order valence-corrected chi connectivity index (χ2v) is 5.24. The zero-order valence-corrected chi connectivity index (χ0v) is 11.8. The topological polar surface area (TPSA) is 94.0 Å². The smallest absolute Gasteiger partial charge is 0.277 e. The molecule has 18 heavy (non-hydrogen) atoms. The Hall–Kier alpha value is -1.08. The average molecular weight is 272 g/mol. The third kappa shape index (κ3) is 4.30. The van der Waals surface area contributed by atoms with Crippen LogP contribution >= 0.6 is 11.8 Å². The highest BCUT2D eigenvalue weighted by Crippen LogP contribution is 2.21. The predicted molar refractivity (Wildman–Crippen MR) is 70.0 cm³/mol. The Morgan fingerprint density at radius 1 is 1.44 bits per heavy atom. The van der Waals surface area contributed by atoms with E-state index in [1.54, 1.807) is 0 Å². The van der Waals surface area contributed by atoms with E-state index in [0.29, 0.717) is 11.1 Å². The van der Waals surface area contributed by atoms with Crippen LogP contribution in [0.25, 0.3) is 0 Å². The number of thioether (sulfide) groups is 1. The van der Waals surface area contributed by atoms with Gasteiger partial charge in [-0.05, 0) is 19.8 Å². The summed E-state index contributed by atoms with van der Waals surface area (Å²) < 4.78 is 5.25. The third-order valence-electron chi connectivity index (χ3n) is 2.60. The molecule has 0 aliphatic heterocycles.